The number of aromatic amines is 1. The van der Waals surface area contributed by atoms with Gasteiger partial charge in [0.1, 0.15) is 0 Å². The van der Waals surface area contributed by atoms with Gasteiger partial charge in [0.05, 0.1) is 12.1 Å². The molecule has 0 radical (unpaired) electrons. The molecular formula is C10H15N3O. The molecule has 2 N–H and O–H groups in total. The van der Waals surface area contributed by atoms with Crippen LogP contribution in [0.15, 0.2) is 12.7 Å². The Hall–Kier alpha value is -1.58. The van der Waals surface area contributed by atoms with Crippen LogP contribution >= 0.6 is 0 Å². The van der Waals surface area contributed by atoms with Crippen LogP contribution in [-0.4, -0.2) is 22.6 Å². The van der Waals surface area contributed by atoms with Crippen molar-refractivity contribution in [3.8, 4) is 0 Å². The molecule has 0 atom stereocenters. The zero-order valence-corrected chi connectivity index (χ0v) is 8.55. The minimum absolute atomic E-state index is 0.00231. The summed E-state index contributed by atoms with van der Waals surface area (Å²) >= 11 is 0. The number of nitrogens with one attached hydrogen (secondary N) is 2. The van der Waals surface area contributed by atoms with Crippen molar-refractivity contribution in [3.05, 3.63) is 29.6 Å². The Bertz CT molecular complexity index is 322. The molecule has 1 aromatic heterocycles. The van der Waals surface area contributed by atoms with Gasteiger partial charge in [-0.3, -0.25) is 9.89 Å². The van der Waals surface area contributed by atoms with E-state index in [1.807, 2.05) is 13.8 Å². The van der Waals surface area contributed by atoms with Crippen molar-refractivity contribution in [2.45, 2.75) is 20.3 Å². The van der Waals surface area contributed by atoms with Crippen LogP contribution in [0.3, 0.4) is 0 Å². The highest BCUT2D eigenvalue weighted by molar-refractivity contribution is 5.79. The lowest BCUT2D eigenvalue weighted by atomic mass is 10.1. The van der Waals surface area contributed by atoms with Gasteiger partial charge < -0.3 is 5.32 Å². The van der Waals surface area contributed by atoms with E-state index in [0.29, 0.717) is 13.0 Å². The summed E-state index contributed by atoms with van der Waals surface area (Å²) < 4.78 is 0. The van der Waals surface area contributed by atoms with E-state index in [1.165, 1.54) is 0 Å². The summed E-state index contributed by atoms with van der Waals surface area (Å²) in [6.07, 6.45) is 2.04. The summed E-state index contributed by atoms with van der Waals surface area (Å²) in [5.41, 5.74) is 2.82. The van der Waals surface area contributed by atoms with Crippen LogP contribution in [0.5, 0.6) is 0 Å². The molecule has 1 aromatic rings. The van der Waals surface area contributed by atoms with E-state index >= 15 is 0 Å². The number of carbonyl (C=O) groups excluding carboxylic acids is 1. The van der Waals surface area contributed by atoms with Gasteiger partial charge in [0, 0.05) is 17.8 Å². The largest absolute Gasteiger partial charge is 0.352 e. The van der Waals surface area contributed by atoms with Gasteiger partial charge in [-0.25, -0.2) is 0 Å². The number of H-pyrrole nitrogens is 1. The molecule has 0 saturated heterocycles. The van der Waals surface area contributed by atoms with Crippen LogP contribution in [-0.2, 0) is 11.2 Å². The highest BCUT2D eigenvalue weighted by atomic mass is 16.1. The topological polar surface area (TPSA) is 57.8 Å². The lowest BCUT2D eigenvalue weighted by molar-refractivity contribution is -0.120. The molecule has 1 rings (SSSR count). The van der Waals surface area contributed by atoms with Gasteiger partial charge in [-0.1, -0.05) is 6.08 Å². The van der Waals surface area contributed by atoms with Gasteiger partial charge in [0.15, 0.2) is 0 Å². The molecule has 0 fully saturated rings. The van der Waals surface area contributed by atoms with Crippen LogP contribution in [0.2, 0.25) is 0 Å². The predicted molar refractivity (Wildman–Crippen MR) is 55.0 cm³/mol. The van der Waals surface area contributed by atoms with Crippen LogP contribution < -0.4 is 5.32 Å². The monoisotopic (exact) mass is 193 g/mol. The molecule has 0 spiro atoms. The highest BCUT2D eigenvalue weighted by Crippen LogP contribution is 2.09. The van der Waals surface area contributed by atoms with Crippen LogP contribution in [0.1, 0.15) is 17.0 Å². The maximum Gasteiger partial charge on any atom is 0.224 e. The maximum absolute atomic E-state index is 11.4. The van der Waals surface area contributed by atoms with E-state index in [2.05, 4.69) is 22.1 Å². The van der Waals surface area contributed by atoms with Crippen molar-refractivity contribution in [2.75, 3.05) is 6.54 Å². The zero-order valence-electron chi connectivity index (χ0n) is 8.55. The Balaban J connectivity index is 2.59. The SMILES string of the molecule is C=CCNC(=O)Cc1c(C)n[nH]c1C. The molecule has 0 aliphatic carbocycles. The quantitative estimate of drug-likeness (QED) is 0.697. The number of hydrogen-bond donors (Lipinski definition) is 2. The number of amides is 1. The maximum atomic E-state index is 11.4. The Kier molecular flexibility index (Phi) is 3.45. The first-order chi connectivity index (χ1) is 6.65. The van der Waals surface area contributed by atoms with E-state index in [0.717, 1.165) is 17.0 Å². The predicted octanol–water partition coefficient (Wildman–Crippen LogP) is 0.871. The van der Waals surface area contributed by atoms with Gasteiger partial charge in [-0.2, -0.15) is 5.10 Å². The Morgan fingerprint density at radius 2 is 2.36 bits per heavy atom. The molecule has 0 bridgehead atoms. The minimum Gasteiger partial charge on any atom is -0.352 e. The molecule has 0 unspecified atom stereocenters. The highest BCUT2D eigenvalue weighted by Gasteiger charge is 2.10. The fraction of sp³-hybridized carbons (Fsp3) is 0.400. The Morgan fingerprint density at radius 1 is 1.64 bits per heavy atom. The van der Waals surface area contributed by atoms with Crippen molar-refractivity contribution in [3.63, 3.8) is 0 Å². The lowest BCUT2D eigenvalue weighted by Crippen LogP contribution is -2.25. The molecule has 4 nitrogen and oxygen atoms in total. The van der Waals surface area contributed by atoms with Crippen molar-refractivity contribution < 1.29 is 4.79 Å². The molecule has 4 heteroatoms. The minimum atomic E-state index is -0.00231. The molecule has 76 valence electrons. The van der Waals surface area contributed by atoms with Crippen LogP contribution in [0.4, 0.5) is 0 Å². The third-order valence-electron chi connectivity index (χ3n) is 2.06. The van der Waals surface area contributed by atoms with Gasteiger partial charge >= 0.3 is 0 Å². The first-order valence-electron chi connectivity index (χ1n) is 4.53. The second kappa shape index (κ2) is 4.60. The summed E-state index contributed by atoms with van der Waals surface area (Å²) in [7, 11) is 0. The average Bonchev–Trinajstić information content (AvgIpc) is 2.46. The number of hydrogen-bond acceptors (Lipinski definition) is 2. The standard InChI is InChI=1S/C10H15N3O/c1-4-5-11-10(14)6-9-7(2)12-13-8(9)3/h4H,1,5-6H2,2-3H3,(H,11,14)(H,12,13). The summed E-state index contributed by atoms with van der Waals surface area (Å²) in [6, 6.07) is 0. The normalized spacial score (nSPS) is 9.86. The summed E-state index contributed by atoms with van der Waals surface area (Å²) in [4.78, 5) is 11.4. The molecular weight excluding hydrogens is 178 g/mol. The lowest BCUT2D eigenvalue weighted by Gasteiger charge is -2.02. The summed E-state index contributed by atoms with van der Waals surface area (Å²) in [6.45, 7) is 7.84. The summed E-state index contributed by atoms with van der Waals surface area (Å²) in [5, 5.41) is 9.60. The number of carbonyl (C=O) groups is 1. The second-order valence-corrected chi connectivity index (χ2v) is 3.18. The van der Waals surface area contributed by atoms with Crippen LogP contribution in [0.25, 0.3) is 0 Å². The number of nitrogens with zero attached hydrogens (tertiary/aromatic N) is 1. The molecule has 1 heterocycles. The number of rotatable bonds is 4. The first-order valence-corrected chi connectivity index (χ1v) is 4.53. The van der Waals surface area contributed by atoms with E-state index in [9.17, 15) is 4.79 Å². The van der Waals surface area contributed by atoms with Gasteiger partial charge in [0.25, 0.3) is 0 Å². The smallest absolute Gasteiger partial charge is 0.224 e. The van der Waals surface area contributed by atoms with Crippen LogP contribution in [0, 0.1) is 13.8 Å². The number of aryl methyl sites for hydroxylation is 2. The second-order valence-electron chi connectivity index (χ2n) is 3.18. The molecule has 0 aliphatic rings. The fourth-order valence-corrected chi connectivity index (χ4v) is 1.24. The van der Waals surface area contributed by atoms with E-state index in [1.54, 1.807) is 6.08 Å². The third-order valence-corrected chi connectivity index (χ3v) is 2.06. The van der Waals surface area contributed by atoms with Gasteiger partial charge in [-0.15, -0.1) is 6.58 Å². The van der Waals surface area contributed by atoms with Crippen molar-refractivity contribution in [2.24, 2.45) is 0 Å². The Morgan fingerprint density at radius 3 is 2.86 bits per heavy atom. The molecule has 1 amide bonds. The van der Waals surface area contributed by atoms with Crippen molar-refractivity contribution in [1.29, 1.82) is 0 Å². The van der Waals surface area contributed by atoms with Crippen molar-refractivity contribution in [1.82, 2.24) is 15.5 Å². The number of aromatic nitrogens is 2. The van der Waals surface area contributed by atoms with Gasteiger partial charge in [0.2, 0.25) is 5.91 Å². The Labute approximate surface area is 83.4 Å². The summed E-state index contributed by atoms with van der Waals surface area (Å²) in [5.74, 6) is -0.00231. The molecule has 0 aliphatic heterocycles. The van der Waals surface area contributed by atoms with E-state index < -0.39 is 0 Å². The molecule has 0 saturated carbocycles. The van der Waals surface area contributed by atoms with Gasteiger partial charge in [-0.05, 0) is 13.8 Å². The molecule has 0 aromatic carbocycles. The zero-order chi connectivity index (χ0) is 10.6. The molecule has 14 heavy (non-hydrogen) atoms. The third kappa shape index (κ3) is 2.45. The average molecular weight is 193 g/mol. The van der Waals surface area contributed by atoms with E-state index in [-0.39, 0.29) is 5.91 Å². The fourth-order valence-electron chi connectivity index (χ4n) is 1.24. The first kappa shape index (κ1) is 10.5. The van der Waals surface area contributed by atoms with E-state index in [4.69, 9.17) is 0 Å². The van der Waals surface area contributed by atoms with Crippen molar-refractivity contribution >= 4 is 5.91 Å².